The zero-order valence-corrected chi connectivity index (χ0v) is 19.2. The Kier molecular flexibility index (Phi) is 5.07. The molecule has 0 saturated carbocycles. The number of rotatable bonds is 4. The van der Waals surface area contributed by atoms with Crippen LogP contribution in [0.5, 0.6) is 0 Å². The molecule has 34 heavy (non-hydrogen) atoms. The zero-order chi connectivity index (χ0) is 24.6. The summed E-state index contributed by atoms with van der Waals surface area (Å²) in [5, 5.41) is 0.686. The summed E-state index contributed by atoms with van der Waals surface area (Å²) in [5.74, 6) is -3.76. The molecule has 2 aromatic rings. The average Bonchev–Trinajstić information content (AvgIpc) is 3.15. The maximum Gasteiger partial charge on any atom is 0.471 e. The fourth-order valence-electron chi connectivity index (χ4n) is 6.19. The SMILES string of the molecule is CC[C@@]12CN(C(=O)C(F)(F)F)[C@H]3C[C@@H]1[C@@H](C(=O)OC2COS(C)(=O)=O)c1c3[nH]c2ccccc12. The second-order valence-electron chi connectivity index (χ2n) is 9.27. The summed E-state index contributed by atoms with van der Waals surface area (Å²) in [6.45, 7) is 0.875. The van der Waals surface area contributed by atoms with Crippen LogP contribution >= 0.6 is 0 Å². The summed E-state index contributed by atoms with van der Waals surface area (Å²) < 4.78 is 74.9. The van der Waals surface area contributed by atoms with Crippen LogP contribution in [0.15, 0.2) is 24.3 Å². The molecule has 1 unspecified atom stereocenters. The number of nitrogens with one attached hydrogen (secondary N) is 1. The van der Waals surface area contributed by atoms with Gasteiger partial charge in [-0.15, -0.1) is 0 Å². The van der Waals surface area contributed by atoms with Crippen molar-refractivity contribution in [2.24, 2.45) is 11.3 Å². The number of halogens is 3. The maximum atomic E-state index is 13.7. The number of H-pyrrole nitrogens is 1. The Morgan fingerprint density at radius 1 is 1.32 bits per heavy atom. The summed E-state index contributed by atoms with van der Waals surface area (Å²) in [6.07, 6.45) is -5.02. The molecule has 3 aliphatic rings. The lowest BCUT2D eigenvalue weighted by Gasteiger charge is -2.60. The number of aromatic amines is 1. The van der Waals surface area contributed by atoms with E-state index in [0.29, 0.717) is 22.2 Å². The second-order valence-corrected chi connectivity index (χ2v) is 10.9. The van der Waals surface area contributed by atoms with Gasteiger partial charge in [0.1, 0.15) is 12.7 Å². The monoisotopic (exact) mass is 500 g/mol. The summed E-state index contributed by atoms with van der Waals surface area (Å²) in [5.41, 5.74) is 0.489. The predicted octanol–water partition coefficient (Wildman–Crippen LogP) is 3.02. The number of piperidine rings is 1. The summed E-state index contributed by atoms with van der Waals surface area (Å²) >= 11 is 0. The van der Waals surface area contributed by atoms with E-state index in [0.717, 1.165) is 11.2 Å². The first kappa shape index (κ1) is 23.2. The van der Waals surface area contributed by atoms with E-state index in [1.54, 1.807) is 31.2 Å². The number of esters is 1. The lowest BCUT2D eigenvalue weighted by atomic mass is 9.54. The smallest absolute Gasteiger partial charge is 0.459 e. The van der Waals surface area contributed by atoms with Crippen LogP contribution in [0.4, 0.5) is 13.2 Å². The highest BCUT2D eigenvalue weighted by Gasteiger charge is 2.65. The Balaban J connectivity index is 1.71. The molecule has 2 fully saturated rings. The highest BCUT2D eigenvalue weighted by Crippen LogP contribution is 2.62. The molecule has 1 amide bonds. The van der Waals surface area contributed by atoms with Gasteiger partial charge in [0.05, 0.1) is 18.2 Å². The van der Waals surface area contributed by atoms with E-state index in [-0.39, 0.29) is 19.4 Å². The van der Waals surface area contributed by atoms with Crippen molar-refractivity contribution >= 4 is 32.9 Å². The zero-order valence-electron chi connectivity index (χ0n) is 18.4. The Hall–Kier alpha value is -2.60. The normalized spacial score (nSPS) is 30.7. The molecule has 1 N–H and O–H groups in total. The molecule has 8 nitrogen and oxygen atoms in total. The highest BCUT2D eigenvalue weighted by molar-refractivity contribution is 7.85. The third-order valence-corrected chi connectivity index (χ3v) is 8.19. The number of likely N-dealkylation sites (tertiary alicyclic amines) is 1. The van der Waals surface area contributed by atoms with Crippen molar-refractivity contribution < 1.29 is 40.1 Å². The number of fused-ring (bicyclic) bond motifs is 6. The Labute approximate surface area is 193 Å². The average molecular weight is 500 g/mol. The fourth-order valence-corrected chi connectivity index (χ4v) is 6.56. The quantitative estimate of drug-likeness (QED) is 0.511. The molecule has 1 aromatic heterocycles. The predicted molar refractivity (Wildman–Crippen MR) is 113 cm³/mol. The van der Waals surface area contributed by atoms with E-state index in [4.69, 9.17) is 8.92 Å². The van der Waals surface area contributed by atoms with Gasteiger partial charge >= 0.3 is 18.1 Å². The molecule has 5 rings (SSSR count). The summed E-state index contributed by atoms with van der Waals surface area (Å²) in [6, 6.07) is 6.17. The first-order valence-electron chi connectivity index (χ1n) is 10.9. The van der Waals surface area contributed by atoms with Crippen molar-refractivity contribution in [2.75, 3.05) is 19.4 Å². The van der Waals surface area contributed by atoms with Crippen LogP contribution in [0.2, 0.25) is 0 Å². The first-order chi connectivity index (χ1) is 15.9. The molecule has 3 heterocycles. The molecular formula is C22H23F3N2O6S. The minimum atomic E-state index is -5.10. The van der Waals surface area contributed by atoms with E-state index in [9.17, 15) is 31.2 Å². The molecule has 5 atom stereocenters. The van der Waals surface area contributed by atoms with Crippen LogP contribution in [-0.2, 0) is 28.6 Å². The van der Waals surface area contributed by atoms with Gasteiger partial charge < -0.3 is 14.6 Å². The first-order valence-corrected chi connectivity index (χ1v) is 12.7. The number of nitrogens with zero attached hydrogens (tertiary/aromatic N) is 1. The summed E-state index contributed by atoms with van der Waals surface area (Å²) in [7, 11) is -3.90. The second kappa shape index (κ2) is 7.45. The Morgan fingerprint density at radius 2 is 2.03 bits per heavy atom. The fraction of sp³-hybridized carbons (Fsp3) is 0.545. The number of alkyl halides is 3. The van der Waals surface area contributed by atoms with Crippen LogP contribution < -0.4 is 0 Å². The minimum Gasteiger partial charge on any atom is -0.459 e. The lowest BCUT2D eigenvalue weighted by Crippen LogP contribution is -2.66. The van der Waals surface area contributed by atoms with Gasteiger partial charge in [-0.3, -0.25) is 13.8 Å². The molecule has 184 valence electrons. The van der Waals surface area contributed by atoms with Crippen molar-refractivity contribution in [2.45, 2.75) is 44.0 Å². The molecule has 2 bridgehead atoms. The highest BCUT2D eigenvalue weighted by atomic mass is 32.2. The van der Waals surface area contributed by atoms with Crippen molar-refractivity contribution in [3.63, 3.8) is 0 Å². The number of ether oxygens (including phenoxy) is 1. The van der Waals surface area contributed by atoms with Gasteiger partial charge in [0.15, 0.2) is 0 Å². The Bertz CT molecular complexity index is 1290. The molecule has 1 aromatic carbocycles. The molecule has 2 aliphatic heterocycles. The largest absolute Gasteiger partial charge is 0.471 e. The van der Waals surface area contributed by atoms with Gasteiger partial charge in [0.2, 0.25) is 0 Å². The van der Waals surface area contributed by atoms with Crippen molar-refractivity contribution in [3.8, 4) is 0 Å². The van der Waals surface area contributed by atoms with Crippen molar-refractivity contribution in [3.05, 3.63) is 35.5 Å². The molecular weight excluding hydrogens is 477 g/mol. The van der Waals surface area contributed by atoms with Gasteiger partial charge in [-0.05, 0) is 30.4 Å². The number of cyclic esters (lactones) is 1. The van der Waals surface area contributed by atoms with E-state index < -0.39 is 64.2 Å². The number of aromatic nitrogens is 1. The molecule has 0 radical (unpaired) electrons. The van der Waals surface area contributed by atoms with E-state index in [2.05, 4.69) is 4.98 Å². The maximum absolute atomic E-state index is 13.7. The van der Waals surface area contributed by atoms with Gasteiger partial charge in [-0.2, -0.15) is 21.6 Å². The number of para-hydroxylation sites is 1. The van der Waals surface area contributed by atoms with E-state index in [1.807, 2.05) is 0 Å². The van der Waals surface area contributed by atoms with Crippen molar-refractivity contribution in [1.29, 1.82) is 0 Å². The number of amides is 1. The third-order valence-electron chi connectivity index (χ3n) is 7.63. The van der Waals surface area contributed by atoms with Crippen LogP contribution in [0, 0.1) is 11.3 Å². The van der Waals surface area contributed by atoms with Gasteiger partial charge in [-0.25, -0.2) is 0 Å². The molecule has 2 saturated heterocycles. The third kappa shape index (κ3) is 3.33. The number of benzene rings is 1. The number of hydrogen-bond acceptors (Lipinski definition) is 6. The van der Waals surface area contributed by atoms with Gasteiger partial charge in [-0.1, -0.05) is 25.1 Å². The van der Waals surface area contributed by atoms with Crippen LogP contribution in [-0.4, -0.2) is 61.9 Å². The van der Waals surface area contributed by atoms with Crippen molar-refractivity contribution in [1.82, 2.24) is 9.88 Å². The summed E-state index contributed by atoms with van der Waals surface area (Å²) in [4.78, 5) is 29.8. The Morgan fingerprint density at radius 3 is 2.68 bits per heavy atom. The van der Waals surface area contributed by atoms with Crippen LogP contribution in [0.25, 0.3) is 10.9 Å². The standard InChI is InChI=1S/C22H23F3N2O6S/c1-3-21-10-27(20(29)22(23,24)25)14-8-12(21)17(19(28)33-15(21)9-32-34(2,30)31)16-11-6-4-5-7-13(11)26-18(14)16/h4-7,12,14-15,17,26H,3,8-10H2,1-2H3/t12-,14+,15?,17-,21-/m1/s1. The van der Waals surface area contributed by atoms with E-state index in [1.165, 1.54) is 0 Å². The number of carbonyl (C=O) groups is 2. The molecule has 0 spiro atoms. The number of carbonyl (C=O) groups excluding carboxylic acids is 2. The van der Waals surface area contributed by atoms with Gasteiger partial charge in [0, 0.05) is 28.6 Å². The number of hydrogen-bond donors (Lipinski definition) is 1. The molecule has 12 heteroatoms. The van der Waals surface area contributed by atoms with Crippen LogP contribution in [0.1, 0.15) is 43.0 Å². The van der Waals surface area contributed by atoms with E-state index >= 15 is 0 Å². The molecule has 1 aliphatic carbocycles. The topological polar surface area (TPSA) is 106 Å². The lowest BCUT2D eigenvalue weighted by molar-refractivity contribution is -0.216. The van der Waals surface area contributed by atoms with Crippen LogP contribution in [0.3, 0.4) is 0 Å². The minimum absolute atomic E-state index is 0.116. The van der Waals surface area contributed by atoms with Gasteiger partial charge in [0.25, 0.3) is 10.1 Å².